The Bertz CT molecular complexity index is 284. The van der Waals surface area contributed by atoms with Gasteiger partial charge in [0.15, 0.2) is 0 Å². The van der Waals surface area contributed by atoms with Crippen molar-refractivity contribution in [3.63, 3.8) is 0 Å². The third kappa shape index (κ3) is 95.8. The molecule has 0 heterocycles. The Morgan fingerprint density at radius 2 is 1.12 bits per heavy atom. The SMILES string of the molecule is CCN.CCNC.CCNC(=O)CNC.CNCC(=O)O.NCC(=O)O. The molecule has 0 rings (SSSR count). The number of amides is 1. The second-order valence-corrected chi connectivity index (χ2v) is 4.12. The largest absolute Gasteiger partial charge is 0.480 e. The maximum absolute atomic E-state index is 10.5. The Kier molecular flexibility index (Phi) is 52.5. The molecular formula is C15H40N6O5. The first-order valence-corrected chi connectivity index (χ1v) is 8.22. The number of carboxylic acids is 2. The van der Waals surface area contributed by atoms with Crippen LogP contribution in [-0.4, -0.2) is 88.5 Å². The van der Waals surface area contributed by atoms with Crippen LogP contribution in [0.1, 0.15) is 20.8 Å². The van der Waals surface area contributed by atoms with E-state index in [0.29, 0.717) is 13.1 Å². The van der Waals surface area contributed by atoms with Gasteiger partial charge >= 0.3 is 11.9 Å². The second-order valence-electron chi connectivity index (χ2n) is 4.12. The smallest absolute Gasteiger partial charge is 0.317 e. The predicted molar refractivity (Wildman–Crippen MR) is 105 cm³/mol. The summed E-state index contributed by atoms with van der Waals surface area (Å²) in [6, 6.07) is 0. The highest BCUT2D eigenvalue weighted by atomic mass is 16.4. The standard InChI is InChI=1S/C5H12N2O.C3H7NO2.C3H9N.C2H5NO2.C2H7N/c1-3-7-5(8)4-6-2;1-4-2-3(5)6;1-3-4-2;3-1-2(4)5;1-2-3/h6H,3-4H2,1-2H3,(H,7,8);4H,2H2,1H3,(H,5,6);4H,3H2,1-2H3;1,3H2,(H,4,5);2-3H2,1H3. The molecule has 160 valence electrons. The van der Waals surface area contributed by atoms with Crippen LogP contribution in [0.3, 0.4) is 0 Å². The minimum atomic E-state index is -0.968. The highest BCUT2D eigenvalue weighted by molar-refractivity contribution is 5.77. The molecular weight excluding hydrogens is 344 g/mol. The van der Waals surface area contributed by atoms with Gasteiger partial charge in [-0.15, -0.1) is 0 Å². The number of rotatable bonds is 7. The van der Waals surface area contributed by atoms with Gasteiger partial charge in [0.1, 0.15) is 0 Å². The second kappa shape index (κ2) is 38.7. The minimum Gasteiger partial charge on any atom is -0.480 e. The molecule has 0 saturated carbocycles. The quantitative estimate of drug-likeness (QED) is 0.240. The van der Waals surface area contributed by atoms with E-state index in [-0.39, 0.29) is 19.0 Å². The van der Waals surface area contributed by atoms with Crippen LogP contribution in [0.2, 0.25) is 0 Å². The Hall–Kier alpha value is -1.79. The van der Waals surface area contributed by atoms with Crippen molar-refractivity contribution in [2.45, 2.75) is 20.8 Å². The predicted octanol–water partition coefficient (Wildman–Crippen LogP) is -2.15. The number of carboxylic acid groups (broad SMARTS) is 2. The van der Waals surface area contributed by atoms with E-state index in [9.17, 15) is 14.4 Å². The fourth-order valence-corrected chi connectivity index (χ4v) is 0.571. The summed E-state index contributed by atoms with van der Waals surface area (Å²) in [5.41, 5.74) is 9.42. The number of aliphatic carboxylic acids is 2. The molecule has 0 radical (unpaired) electrons. The van der Waals surface area contributed by atoms with E-state index in [4.69, 9.17) is 15.9 Å². The molecule has 0 aromatic carbocycles. The zero-order valence-corrected chi connectivity index (χ0v) is 17.0. The van der Waals surface area contributed by atoms with E-state index < -0.39 is 11.9 Å². The zero-order valence-electron chi connectivity index (χ0n) is 17.0. The number of nitrogens with one attached hydrogen (secondary N) is 4. The number of likely N-dealkylation sites (N-methyl/N-ethyl adjacent to an activating group) is 3. The van der Waals surface area contributed by atoms with Crippen molar-refractivity contribution in [2.75, 3.05) is 60.4 Å². The first-order valence-electron chi connectivity index (χ1n) is 8.22. The summed E-state index contributed by atoms with van der Waals surface area (Å²) < 4.78 is 0. The Morgan fingerprint density at radius 3 is 1.23 bits per heavy atom. The average Bonchev–Trinajstić information content (AvgIpc) is 2.57. The average molecular weight is 385 g/mol. The number of hydrogen-bond acceptors (Lipinski definition) is 8. The molecule has 0 aliphatic rings. The van der Waals surface area contributed by atoms with E-state index in [1.165, 1.54) is 0 Å². The van der Waals surface area contributed by atoms with Gasteiger partial charge in [-0.25, -0.2) is 0 Å². The van der Waals surface area contributed by atoms with E-state index in [1.807, 2.05) is 20.9 Å². The van der Waals surface area contributed by atoms with E-state index >= 15 is 0 Å². The van der Waals surface area contributed by atoms with Crippen LogP contribution in [0.25, 0.3) is 0 Å². The van der Waals surface area contributed by atoms with Gasteiger partial charge in [-0.1, -0.05) is 13.8 Å². The summed E-state index contributed by atoms with van der Waals surface area (Å²) in [6.07, 6.45) is 0. The topological polar surface area (TPSA) is 192 Å². The lowest BCUT2D eigenvalue weighted by molar-refractivity contribution is -0.136. The minimum absolute atomic E-state index is 0.0417. The molecule has 0 unspecified atom stereocenters. The van der Waals surface area contributed by atoms with Gasteiger partial charge in [0.05, 0.1) is 19.6 Å². The van der Waals surface area contributed by atoms with Gasteiger partial charge in [-0.2, -0.15) is 0 Å². The molecule has 0 aliphatic heterocycles. The van der Waals surface area contributed by atoms with Gasteiger partial charge < -0.3 is 42.9 Å². The maximum Gasteiger partial charge on any atom is 0.317 e. The van der Waals surface area contributed by atoms with E-state index in [1.54, 1.807) is 14.1 Å². The molecule has 0 aromatic rings. The fourth-order valence-electron chi connectivity index (χ4n) is 0.571. The van der Waals surface area contributed by atoms with Gasteiger partial charge in [-0.3, -0.25) is 14.4 Å². The van der Waals surface area contributed by atoms with Crippen LogP contribution < -0.4 is 32.7 Å². The molecule has 0 aromatic heterocycles. The zero-order chi connectivity index (χ0) is 21.8. The molecule has 0 saturated heterocycles. The van der Waals surface area contributed by atoms with Crippen molar-refractivity contribution in [2.24, 2.45) is 11.5 Å². The highest BCUT2D eigenvalue weighted by Gasteiger charge is 1.92. The molecule has 26 heavy (non-hydrogen) atoms. The first-order chi connectivity index (χ1) is 12.2. The molecule has 0 spiro atoms. The third-order valence-electron chi connectivity index (χ3n) is 1.57. The van der Waals surface area contributed by atoms with Gasteiger partial charge in [0.25, 0.3) is 0 Å². The molecule has 11 heteroatoms. The summed E-state index contributed by atoms with van der Waals surface area (Å²) in [4.78, 5) is 29.2. The van der Waals surface area contributed by atoms with Gasteiger partial charge in [0.2, 0.25) is 5.91 Å². The molecule has 11 nitrogen and oxygen atoms in total. The maximum atomic E-state index is 10.5. The molecule has 0 bridgehead atoms. The van der Waals surface area contributed by atoms with Crippen molar-refractivity contribution < 1.29 is 24.6 Å². The van der Waals surface area contributed by atoms with Crippen LogP contribution in [0.5, 0.6) is 0 Å². The molecule has 0 aliphatic carbocycles. The Morgan fingerprint density at radius 1 is 0.769 bits per heavy atom. The summed E-state index contributed by atoms with van der Waals surface area (Å²) in [5.74, 6) is -1.74. The summed E-state index contributed by atoms with van der Waals surface area (Å²) >= 11 is 0. The van der Waals surface area contributed by atoms with Gasteiger partial charge in [0, 0.05) is 6.54 Å². The van der Waals surface area contributed by atoms with Crippen LogP contribution in [0.4, 0.5) is 0 Å². The van der Waals surface area contributed by atoms with Crippen LogP contribution in [-0.2, 0) is 14.4 Å². The van der Waals surface area contributed by atoms with Crippen molar-refractivity contribution in [1.29, 1.82) is 0 Å². The van der Waals surface area contributed by atoms with Gasteiger partial charge in [-0.05, 0) is 41.2 Å². The van der Waals surface area contributed by atoms with E-state index in [0.717, 1.165) is 13.1 Å². The van der Waals surface area contributed by atoms with Crippen LogP contribution in [0.15, 0.2) is 0 Å². The lowest BCUT2D eigenvalue weighted by Gasteiger charge is -1.97. The lowest BCUT2D eigenvalue weighted by Crippen LogP contribution is -2.31. The fraction of sp³-hybridized carbons (Fsp3) is 0.800. The van der Waals surface area contributed by atoms with Crippen LogP contribution in [0, 0.1) is 0 Å². The number of carbonyl (C=O) groups is 3. The lowest BCUT2D eigenvalue weighted by atomic mass is 10.6. The van der Waals surface area contributed by atoms with Crippen molar-refractivity contribution >= 4 is 17.8 Å². The Labute approximate surface area is 157 Å². The highest BCUT2D eigenvalue weighted by Crippen LogP contribution is 1.58. The van der Waals surface area contributed by atoms with Crippen molar-refractivity contribution in [1.82, 2.24) is 21.3 Å². The number of hydrogen-bond donors (Lipinski definition) is 8. The Balaban J connectivity index is -0.0000000737. The normalized spacial score (nSPS) is 7.85. The number of carbonyl (C=O) groups excluding carboxylic acids is 1. The van der Waals surface area contributed by atoms with Crippen molar-refractivity contribution in [3.8, 4) is 0 Å². The molecule has 0 fully saturated rings. The summed E-state index contributed by atoms with van der Waals surface area (Å²) in [6.45, 7) is 8.57. The summed E-state index contributed by atoms with van der Waals surface area (Å²) in [5, 5.41) is 26.2. The summed E-state index contributed by atoms with van der Waals surface area (Å²) in [7, 11) is 5.27. The van der Waals surface area contributed by atoms with Crippen LogP contribution >= 0.6 is 0 Å². The number of nitrogens with two attached hydrogens (primary N) is 2. The molecule has 0 atom stereocenters. The monoisotopic (exact) mass is 384 g/mol. The first kappa shape index (κ1) is 35.3. The van der Waals surface area contributed by atoms with Crippen molar-refractivity contribution in [3.05, 3.63) is 0 Å². The molecule has 10 N–H and O–H groups in total. The molecule has 1 amide bonds. The third-order valence-corrected chi connectivity index (χ3v) is 1.57. The van der Waals surface area contributed by atoms with E-state index in [2.05, 4.69) is 33.9 Å².